The first kappa shape index (κ1) is 22.4. The number of carbonyl (C=O) groups excluding carboxylic acids is 2. The van der Waals surface area contributed by atoms with E-state index in [4.69, 9.17) is 5.73 Å². The van der Waals surface area contributed by atoms with Crippen molar-refractivity contribution in [2.45, 2.75) is 22.7 Å². The van der Waals surface area contributed by atoms with Crippen molar-refractivity contribution >= 4 is 75.0 Å². The molecule has 13 nitrogen and oxygen atoms in total. The van der Waals surface area contributed by atoms with E-state index >= 15 is 0 Å². The van der Waals surface area contributed by atoms with E-state index in [0.717, 1.165) is 21.4 Å². The Kier molecular flexibility index (Phi) is 6.31. The lowest BCUT2D eigenvalue weighted by Gasteiger charge is -2.49. The number of oxime groups is 1. The predicted molar refractivity (Wildman–Crippen MR) is 118 cm³/mol. The zero-order valence-corrected chi connectivity index (χ0v) is 19.3. The van der Waals surface area contributed by atoms with E-state index in [2.05, 4.69) is 30.0 Å². The van der Waals surface area contributed by atoms with Crippen molar-refractivity contribution in [2.24, 2.45) is 5.16 Å². The average molecular weight is 515 g/mol. The molecule has 4 rings (SSSR count). The molecule has 0 aromatic carbocycles. The summed E-state index contributed by atoms with van der Waals surface area (Å²) in [5.41, 5.74) is 5.47. The summed E-state index contributed by atoms with van der Waals surface area (Å²) in [5, 5.41) is 32.5. The highest BCUT2D eigenvalue weighted by molar-refractivity contribution is 8.01. The van der Waals surface area contributed by atoms with E-state index in [0.29, 0.717) is 21.4 Å². The molecule has 2 aliphatic heterocycles. The number of hydrogen-bond acceptors (Lipinski definition) is 14. The van der Waals surface area contributed by atoms with Gasteiger partial charge in [-0.3, -0.25) is 14.5 Å². The average Bonchev–Trinajstić information content (AvgIpc) is 3.38. The van der Waals surface area contributed by atoms with Gasteiger partial charge in [0.1, 0.15) is 22.1 Å². The van der Waals surface area contributed by atoms with E-state index in [-0.39, 0.29) is 16.7 Å². The van der Waals surface area contributed by atoms with Gasteiger partial charge in [0.15, 0.2) is 9.47 Å². The lowest BCUT2D eigenvalue weighted by molar-refractivity contribution is -0.150. The van der Waals surface area contributed by atoms with Gasteiger partial charge in [-0.1, -0.05) is 28.3 Å². The van der Waals surface area contributed by atoms with Crippen LogP contribution in [0.3, 0.4) is 0 Å². The highest BCUT2D eigenvalue weighted by atomic mass is 32.2. The van der Waals surface area contributed by atoms with Gasteiger partial charge < -0.3 is 21.4 Å². The topological polar surface area (TPSA) is 197 Å². The van der Waals surface area contributed by atoms with Crippen LogP contribution >= 0.6 is 46.4 Å². The zero-order chi connectivity index (χ0) is 23.0. The molecule has 1 saturated heterocycles. The number of anilines is 1. The van der Waals surface area contributed by atoms with E-state index in [1.165, 1.54) is 34.9 Å². The first-order valence-electron chi connectivity index (χ1n) is 8.75. The zero-order valence-electron chi connectivity index (χ0n) is 16.1. The number of nitrogens with zero attached hydrogens (tertiary/aromatic N) is 6. The third kappa shape index (κ3) is 4.15. The van der Waals surface area contributed by atoms with Crippen LogP contribution in [0.1, 0.15) is 10.8 Å². The number of carboxylic acid groups (broad SMARTS) is 1. The Hall–Kier alpha value is -2.76. The summed E-state index contributed by atoms with van der Waals surface area (Å²) in [7, 11) is 0. The van der Waals surface area contributed by atoms with E-state index in [1.54, 1.807) is 0 Å². The van der Waals surface area contributed by atoms with Crippen LogP contribution in [-0.4, -0.2) is 81.2 Å². The fourth-order valence-electron chi connectivity index (χ4n) is 3.01. The number of β-lactam (4-membered cyclic amide) rings is 1. The van der Waals surface area contributed by atoms with Gasteiger partial charge >= 0.3 is 5.97 Å². The summed E-state index contributed by atoms with van der Waals surface area (Å²) in [4.78, 5) is 42.1. The summed E-state index contributed by atoms with van der Waals surface area (Å²) < 4.78 is 4.52. The molecule has 32 heavy (non-hydrogen) atoms. The smallest absolute Gasteiger partial charge is 0.352 e. The normalized spacial score (nSPS) is 20.7. The fraction of sp³-hybridized carbons (Fsp3) is 0.333. The number of thioether (sulfide) groups is 2. The van der Waals surface area contributed by atoms with Crippen molar-refractivity contribution in [3.05, 3.63) is 22.1 Å². The number of amides is 2. The van der Waals surface area contributed by atoms with E-state index in [1.807, 2.05) is 6.92 Å². The number of nitrogen functional groups attached to an aromatic ring is 1. The molecule has 1 unspecified atom stereocenters. The Bertz CT molecular complexity index is 1160. The molecule has 2 aliphatic rings. The minimum atomic E-state index is -1.22. The molecule has 2 aromatic heterocycles. The van der Waals surface area contributed by atoms with Crippen LogP contribution in [0.15, 0.2) is 20.8 Å². The maximum atomic E-state index is 12.7. The van der Waals surface area contributed by atoms with Gasteiger partial charge in [-0.2, -0.15) is 9.36 Å². The molecule has 0 bridgehead atoms. The summed E-state index contributed by atoms with van der Waals surface area (Å²) >= 11 is 4.89. The van der Waals surface area contributed by atoms with Crippen molar-refractivity contribution in [1.82, 2.24) is 29.8 Å². The van der Waals surface area contributed by atoms with Crippen LogP contribution in [0, 0.1) is 6.92 Å². The van der Waals surface area contributed by atoms with Gasteiger partial charge in [-0.05, 0) is 12.5 Å². The quantitative estimate of drug-likeness (QED) is 0.127. The molecule has 168 valence electrons. The van der Waals surface area contributed by atoms with Gasteiger partial charge in [-0.15, -0.1) is 22.0 Å². The second-order valence-corrected chi connectivity index (χ2v) is 10.7. The molecule has 0 aliphatic carbocycles. The summed E-state index contributed by atoms with van der Waals surface area (Å²) in [5.74, 6) is -2.15. The number of rotatable bonds is 7. The second kappa shape index (κ2) is 9.00. The van der Waals surface area contributed by atoms with Crippen molar-refractivity contribution in [3.8, 4) is 0 Å². The predicted octanol–water partition coefficient (Wildman–Crippen LogP) is -0.0106. The number of carbonyl (C=O) groups is 3. The highest BCUT2D eigenvalue weighted by Gasteiger charge is 2.54. The molecule has 0 saturated carbocycles. The van der Waals surface area contributed by atoms with Gasteiger partial charge in [0.2, 0.25) is 11.5 Å². The maximum Gasteiger partial charge on any atom is 0.352 e. The molecule has 2 atom stereocenters. The summed E-state index contributed by atoms with van der Waals surface area (Å²) in [6, 6.07) is -0.991. The van der Waals surface area contributed by atoms with Crippen LogP contribution in [0.2, 0.25) is 0 Å². The number of nitrogens with two attached hydrogens (primary N) is 1. The number of hydrogen-bond donors (Lipinski definition) is 4. The molecular formula is C15H14N8O5S4. The van der Waals surface area contributed by atoms with Gasteiger partial charge in [0.25, 0.3) is 11.8 Å². The number of aliphatic carboxylic acids is 1. The van der Waals surface area contributed by atoms with Gasteiger partial charge in [0.05, 0.1) is 0 Å². The third-order valence-electron chi connectivity index (χ3n) is 4.38. The van der Waals surface area contributed by atoms with Crippen molar-refractivity contribution < 1.29 is 24.7 Å². The molecule has 0 radical (unpaired) electrons. The van der Waals surface area contributed by atoms with Crippen molar-refractivity contribution in [1.29, 1.82) is 0 Å². The first-order chi connectivity index (χ1) is 15.3. The lowest BCUT2D eigenvalue weighted by Crippen LogP contribution is -2.71. The molecule has 0 spiro atoms. The number of aromatic nitrogens is 4. The van der Waals surface area contributed by atoms with Crippen LogP contribution in [0.25, 0.3) is 0 Å². The summed E-state index contributed by atoms with van der Waals surface area (Å²) in [6.45, 7) is 1.82. The van der Waals surface area contributed by atoms with Gasteiger partial charge in [-0.25, -0.2) is 4.79 Å². The van der Waals surface area contributed by atoms with Crippen molar-refractivity contribution in [3.63, 3.8) is 0 Å². The molecule has 2 aromatic rings. The number of aryl methyl sites for hydroxylation is 1. The molecule has 4 heterocycles. The standard InChI is InChI=1S/C15H14N8O5S4/c1-4-19-20-15(31-4)30-3-5-2-29-12-7(11(25)23(12)8(5)13(26)27)17-10(24)6(21-28)9-18-14(16)32-22-9/h7,12,28H,2-3H2,1H3,(H,17,24)(H,26,27)(H2,16,18,22)/t7?,12-/m1/s1. The Balaban J connectivity index is 1.48. The van der Waals surface area contributed by atoms with Crippen LogP contribution < -0.4 is 11.1 Å². The lowest BCUT2D eigenvalue weighted by atomic mass is 10.0. The van der Waals surface area contributed by atoms with Crippen LogP contribution in [0.4, 0.5) is 5.13 Å². The molecule has 2 amide bonds. The third-order valence-corrected chi connectivity index (χ3v) is 8.32. The molecule has 17 heteroatoms. The first-order valence-corrected chi connectivity index (χ1v) is 12.4. The molecular weight excluding hydrogens is 500 g/mol. The van der Waals surface area contributed by atoms with E-state index < -0.39 is 34.9 Å². The highest BCUT2D eigenvalue weighted by Crippen LogP contribution is 2.41. The van der Waals surface area contributed by atoms with Crippen molar-refractivity contribution in [2.75, 3.05) is 17.2 Å². The monoisotopic (exact) mass is 514 g/mol. The Labute approximate surface area is 196 Å². The second-order valence-electron chi connectivity index (χ2n) is 6.40. The SMILES string of the molecule is Cc1nnc(SCC2=C(C(=O)O)N3C(=O)C(NC(=O)C(=NO)c4nsc(N)n4)[C@H]3SC2)s1. The largest absolute Gasteiger partial charge is 0.477 e. The minimum absolute atomic E-state index is 0.0769. The number of fused-ring (bicyclic) bond motifs is 1. The fourth-order valence-corrected chi connectivity index (χ4v) is 6.75. The Morgan fingerprint density at radius 2 is 2.19 bits per heavy atom. The maximum absolute atomic E-state index is 12.7. The molecule has 1 fully saturated rings. The van der Waals surface area contributed by atoms with Gasteiger partial charge in [0, 0.05) is 23.0 Å². The molecule has 5 N–H and O–H groups in total. The van der Waals surface area contributed by atoms with Crippen LogP contribution in [0.5, 0.6) is 0 Å². The Morgan fingerprint density at radius 3 is 2.78 bits per heavy atom. The minimum Gasteiger partial charge on any atom is -0.477 e. The number of nitrogens with one attached hydrogen (secondary N) is 1. The van der Waals surface area contributed by atoms with Crippen LogP contribution in [-0.2, 0) is 14.4 Å². The summed E-state index contributed by atoms with van der Waals surface area (Å²) in [6.07, 6.45) is 0. The Morgan fingerprint density at radius 1 is 1.41 bits per heavy atom. The number of carboxylic acids is 1. The van der Waals surface area contributed by atoms with E-state index in [9.17, 15) is 24.7 Å².